The third-order valence-electron chi connectivity index (χ3n) is 5.23. The SMILES string of the molecule is CCOCCn1c(=NC(=O)c2cccc(N3C(=O)CCC3=O)c2)sc2cc(OCC)ccc21. The van der Waals surface area contributed by atoms with Crippen LogP contribution in [0.1, 0.15) is 37.0 Å². The highest BCUT2D eigenvalue weighted by Crippen LogP contribution is 2.25. The lowest BCUT2D eigenvalue weighted by atomic mass is 10.2. The van der Waals surface area contributed by atoms with E-state index < -0.39 is 5.91 Å². The maximum atomic E-state index is 13.1. The Labute approximate surface area is 195 Å². The van der Waals surface area contributed by atoms with E-state index in [0.717, 1.165) is 20.9 Å². The summed E-state index contributed by atoms with van der Waals surface area (Å²) < 4.78 is 14.0. The largest absolute Gasteiger partial charge is 0.494 e. The van der Waals surface area contributed by atoms with E-state index >= 15 is 0 Å². The number of amides is 3. The molecule has 0 N–H and O–H groups in total. The van der Waals surface area contributed by atoms with Gasteiger partial charge in [-0.05, 0) is 50.2 Å². The molecule has 1 aliphatic heterocycles. The molecule has 8 nitrogen and oxygen atoms in total. The second-order valence-electron chi connectivity index (χ2n) is 7.39. The number of imide groups is 1. The Morgan fingerprint density at radius 1 is 1.06 bits per heavy atom. The van der Waals surface area contributed by atoms with Crippen molar-refractivity contribution in [1.82, 2.24) is 4.57 Å². The molecule has 0 spiro atoms. The van der Waals surface area contributed by atoms with Crippen LogP contribution in [0.3, 0.4) is 0 Å². The molecule has 1 aliphatic rings. The highest BCUT2D eigenvalue weighted by atomic mass is 32.1. The maximum absolute atomic E-state index is 13.1. The Bertz CT molecular complexity index is 1260. The number of anilines is 1. The van der Waals surface area contributed by atoms with Crippen LogP contribution in [-0.2, 0) is 20.9 Å². The molecule has 9 heteroatoms. The fourth-order valence-corrected chi connectivity index (χ4v) is 4.79. The number of carbonyl (C=O) groups is 3. The van der Waals surface area contributed by atoms with Gasteiger partial charge in [0, 0.05) is 31.6 Å². The van der Waals surface area contributed by atoms with Gasteiger partial charge in [0.1, 0.15) is 5.75 Å². The zero-order valence-corrected chi connectivity index (χ0v) is 19.4. The summed E-state index contributed by atoms with van der Waals surface area (Å²) in [5, 5.41) is 0. The van der Waals surface area contributed by atoms with Crippen molar-refractivity contribution in [2.45, 2.75) is 33.2 Å². The fourth-order valence-electron chi connectivity index (χ4n) is 3.71. The topological polar surface area (TPSA) is 90.2 Å². The van der Waals surface area contributed by atoms with Gasteiger partial charge >= 0.3 is 0 Å². The quantitative estimate of drug-likeness (QED) is 0.373. The van der Waals surface area contributed by atoms with Gasteiger partial charge in [-0.25, -0.2) is 0 Å². The molecule has 1 saturated heterocycles. The van der Waals surface area contributed by atoms with Crippen LogP contribution in [0, 0.1) is 0 Å². The van der Waals surface area contributed by atoms with E-state index in [9.17, 15) is 14.4 Å². The predicted octanol–water partition coefficient (Wildman–Crippen LogP) is 3.53. The zero-order chi connectivity index (χ0) is 23.4. The van der Waals surface area contributed by atoms with Crippen molar-refractivity contribution >= 4 is 45.0 Å². The predicted molar refractivity (Wildman–Crippen MR) is 126 cm³/mol. The van der Waals surface area contributed by atoms with Gasteiger partial charge in [-0.15, -0.1) is 0 Å². The lowest BCUT2D eigenvalue weighted by Crippen LogP contribution is -2.28. The third kappa shape index (κ3) is 4.89. The van der Waals surface area contributed by atoms with Crippen molar-refractivity contribution in [3.63, 3.8) is 0 Å². The number of nitrogens with zero attached hydrogens (tertiary/aromatic N) is 3. The number of ether oxygens (including phenoxy) is 2. The summed E-state index contributed by atoms with van der Waals surface area (Å²) in [6, 6.07) is 12.3. The first-order valence-corrected chi connectivity index (χ1v) is 11.7. The van der Waals surface area contributed by atoms with Crippen molar-refractivity contribution in [2.75, 3.05) is 24.7 Å². The van der Waals surface area contributed by atoms with Gasteiger partial charge < -0.3 is 14.0 Å². The van der Waals surface area contributed by atoms with Crippen LogP contribution in [0.2, 0.25) is 0 Å². The first-order chi connectivity index (χ1) is 16.0. The summed E-state index contributed by atoms with van der Waals surface area (Å²) in [6.45, 7) is 6.06. The van der Waals surface area contributed by atoms with Gasteiger partial charge in [-0.1, -0.05) is 17.4 Å². The zero-order valence-electron chi connectivity index (χ0n) is 18.6. The molecule has 0 aliphatic carbocycles. The van der Waals surface area contributed by atoms with E-state index in [0.29, 0.717) is 42.4 Å². The van der Waals surface area contributed by atoms with Crippen LogP contribution >= 0.6 is 11.3 Å². The lowest BCUT2D eigenvalue weighted by Gasteiger charge is -2.14. The number of aromatic nitrogens is 1. The van der Waals surface area contributed by atoms with Gasteiger partial charge in [0.25, 0.3) is 5.91 Å². The molecule has 2 heterocycles. The summed E-state index contributed by atoms with van der Waals surface area (Å²) in [4.78, 5) is 43.3. The van der Waals surface area contributed by atoms with E-state index in [1.54, 1.807) is 18.2 Å². The lowest BCUT2D eigenvalue weighted by molar-refractivity contribution is -0.121. The van der Waals surface area contributed by atoms with Crippen LogP contribution < -0.4 is 14.4 Å². The summed E-state index contributed by atoms with van der Waals surface area (Å²) in [7, 11) is 0. The fraction of sp³-hybridized carbons (Fsp3) is 0.333. The van der Waals surface area contributed by atoms with Crippen molar-refractivity contribution in [2.24, 2.45) is 4.99 Å². The number of benzene rings is 2. The van der Waals surface area contributed by atoms with Crippen molar-refractivity contribution in [3.05, 3.63) is 52.8 Å². The molecule has 1 fully saturated rings. The van der Waals surface area contributed by atoms with Crippen molar-refractivity contribution in [1.29, 1.82) is 0 Å². The van der Waals surface area contributed by atoms with Gasteiger partial charge in [0.15, 0.2) is 4.80 Å². The molecule has 0 bridgehead atoms. The molecular weight excluding hydrogens is 442 g/mol. The minimum Gasteiger partial charge on any atom is -0.494 e. The molecule has 0 saturated carbocycles. The van der Waals surface area contributed by atoms with E-state index in [1.165, 1.54) is 17.4 Å². The van der Waals surface area contributed by atoms with Crippen molar-refractivity contribution in [3.8, 4) is 5.75 Å². The van der Waals surface area contributed by atoms with E-state index in [2.05, 4.69) is 4.99 Å². The Kier molecular flexibility index (Phi) is 7.00. The van der Waals surface area contributed by atoms with Gasteiger partial charge in [-0.3, -0.25) is 19.3 Å². The third-order valence-corrected chi connectivity index (χ3v) is 6.27. The van der Waals surface area contributed by atoms with E-state index in [4.69, 9.17) is 9.47 Å². The van der Waals surface area contributed by atoms with Crippen LogP contribution in [-0.4, -0.2) is 42.1 Å². The summed E-state index contributed by atoms with van der Waals surface area (Å²) >= 11 is 1.40. The second-order valence-corrected chi connectivity index (χ2v) is 8.40. The molecule has 0 unspecified atom stereocenters. The first kappa shape index (κ1) is 22.9. The Morgan fingerprint density at radius 2 is 1.85 bits per heavy atom. The molecule has 1 aromatic heterocycles. The second kappa shape index (κ2) is 10.1. The van der Waals surface area contributed by atoms with Gasteiger partial charge in [-0.2, -0.15) is 4.99 Å². The van der Waals surface area contributed by atoms with Crippen LogP contribution in [0.5, 0.6) is 5.75 Å². The minimum absolute atomic E-state index is 0.187. The molecular formula is C24H25N3O5S. The molecule has 33 heavy (non-hydrogen) atoms. The molecule has 3 amide bonds. The Morgan fingerprint density at radius 3 is 2.58 bits per heavy atom. The highest BCUT2D eigenvalue weighted by molar-refractivity contribution is 7.16. The number of rotatable bonds is 8. The number of hydrogen-bond acceptors (Lipinski definition) is 6. The highest BCUT2D eigenvalue weighted by Gasteiger charge is 2.30. The molecule has 4 rings (SSSR count). The van der Waals surface area contributed by atoms with E-state index in [-0.39, 0.29) is 24.7 Å². The van der Waals surface area contributed by atoms with E-state index in [1.807, 2.05) is 36.6 Å². The minimum atomic E-state index is -0.447. The van der Waals surface area contributed by atoms with Crippen LogP contribution in [0.4, 0.5) is 5.69 Å². The molecule has 0 radical (unpaired) electrons. The molecule has 2 aromatic carbocycles. The summed E-state index contributed by atoms with van der Waals surface area (Å²) in [6.07, 6.45) is 0.374. The number of fused-ring (bicyclic) bond motifs is 1. The number of carbonyl (C=O) groups excluding carboxylic acids is 3. The molecule has 172 valence electrons. The smallest absolute Gasteiger partial charge is 0.279 e. The monoisotopic (exact) mass is 467 g/mol. The van der Waals surface area contributed by atoms with Gasteiger partial charge in [0.2, 0.25) is 11.8 Å². The van der Waals surface area contributed by atoms with Crippen molar-refractivity contribution < 1.29 is 23.9 Å². The summed E-state index contributed by atoms with van der Waals surface area (Å²) in [5.74, 6) is -0.207. The standard InChI is InChI=1S/C24H25N3O5S/c1-3-31-13-12-26-19-9-8-18(32-4-2)15-20(19)33-24(26)25-23(30)16-6-5-7-17(14-16)27-21(28)10-11-22(27)29/h5-9,14-15H,3-4,10-13H2,1-2H3. The Hall–Kier alpha value is -3.30. The number of thiazole rings is 1. The van der Waals surface area contributed by atoms with Crippen LogP contribution in [0.15, 0.2) is 47.5 Å². The normalized spacial score (nSPS) is 14.5. The number of hydrogen-bond donors (Lipinski definition) is 0. The Balaban J connectivity index is 1.72. The maximum Gasteiger partial charge on any atom is 0.279 e. The molecule has 0 atom stereocenters. The van der Waals surface area contributed by atoms with Gasteiger partial charge in [0.05, 0.1) is 29.1 Å². The first-order valence-electron chi connectivity index (χ1n) is 10.9. The average Bonchev–Trinajstić information content (AvgIpc) is 3.32. The van der Waals surface area contributed by atoms with Crippen LogP contribution in [0.25, 0.3) is 10.2 Å². The average molecular weight is 468 g/mol. The summed E-state index contributed by atoms with van der Waals surface area (Å²) in [5.41, 5.74) is 1.64. The molecule has 3 aromatic rings.